The van der Waals surface area contributed by atoms with Crippen LogP contribution >= 0.6 is 11.3 Å². The number of hydrogen-bond donors (Lipinski definition) is 1. The molecule has 2 aromatic rings. The van der Waals surface area contributed by atoms with Gasteiger partial charge in [0.1, 0.15) is 22.7 Å². The number of carbonyl (C=O) groups excluding carboxylic acids is 2. The highest BCUT2D eigenvalue weighted by atomic mass is 32.2. The van der Waals surface area contributed by atoms with Crippen LogP contribution in [0.2, 0.25) is 0 Å². The lowest BCUT2D eigenvalue weighted by Crippen LogP contribution is -2.43. The number of nitriles is 1. The van der Waals surface area contributed by atoms with Gasteiger partial charge in [-0.05, 0) is 12.1 Å². The first-order chi connectivity index (χ1) is 13.6. The summed E-state index contributed by atoms with van der Waals surface area (Å²) in [4.78, 5) is 34.8. The Morgan fingerprint density at radius 3 is 2.96 bits per heavy atom. The fourth-order valence-electron chi connectivity index (χ4n) is 3.05. The summed E-state index contributed by atoms with van der Waals surface area (Å²) >= 11 is 1.28. The molecule has 0 bridgehead atoms. The van der Waals surface area contributed by atoms with Crippen LogP contribution in [0.4, 0.5) is 5.69 Å². The normalized spacial score (nSPS) is 18.5. The van der Waals surface area contributed by atoms with Gasteiger partial charge in [0.25, 0.3) is 0 Å². The third-order valence-electron chi connectivity index (χ3n) is 4.28. The maximum absolute atomic E-state index is 12.7. The van der Waals surface area contributed by atoms with Gasteiger partial charge in [0.15, 0.2) is 0 Å². The largest absolute Gasteiger partial charge is 0.316 e. The number of carbonyl (C=O) groups is 2. The van der Waals surface area contributed by atoms with Gasteiger partial charge in [0.2, 0.25) is 11.8 Å². The summed E-state index contributed by atoms with van der Waals surface area (Å²) < 4.78 is 12.4. The van der Waals surface area contributed by atoms with E-state index in [4.69, 9.17) is 0 Å². The van der Waals surface area contributed by atoms with Gasteiger partial charge in [-0.15, -0.1) is 11.3 Å². The quantitative estimate of drug-likeness (QED) is 0.814. The molecule has 0 fully saturated rings. The minimum absolute atomic E-state index is 0.118. The van der Waals surface area contributed by atoms with Gasteiger partial charge in [0, 0.05) is 36.0 Å². The zero-order valence-corrected chi connectivity index (χ0v) is 16.0. The Kier molecular flexibility index (Phi) is 4.85. The summed E-state index contributed by atoms with van der Waals surface area (Å²) in [6, 6.07) is 5.45. The maximum Gasteiger partial charge on any atom is 0.244 e. The summed E-state index contributed by atoms with van der Waals surface area (Å²) in [7, 11) is -1.67. The lowest BCUT2D eigenvalue weighted by atomic mass is 10.1. The Bertz CT molecular complexity index is 1100. The van der Waals surface area contributed by atoms with Crippen molar-refractivity contribution in [1.82, 2.24) is 15.3 Å². The summed E-state index contributed by atoms with van der Waals surface area (Å²) in [5.41, 5.74) is 1.92. The first-order valence-electron chi connectivity index (χ1n) is 8.29. The number of nitrogens with one attached hydrogen (secondary N) is 1. The number of amides is 2. The van der Waals surface area contributed by atoms with E-state index in [0.29, 0.717) is 22.7 Å². The summed E-state index contributed by atoms with van der Waals surface area (Å²) in [5.74, 6) is -0.678. The zero-order valence-electron chi connectivity index (χ0n) is 14.4. The van der Waals surface area contributed by atoms with Crippen LogP contribution in [0.5, 0.6) is 0 Å². The molecule has 1 atom stereocenters. The second kappa shape index (κ2) is 7.46. The lowest BCUT2D eigenvalue weighted by Gasteiger charge is -2.28. The second-order valence-corrected chi connectivity index (χ2v) is 8.11. The van der Waals surface area contributed by atoms with Gasteiger partial charge in [-0.2, -0.15) is 5.26 Å². The van der Waals surface area contributed by atoms with Crippen LogP contribution in [0.1, 0.15) is 17.1 Å². The minimum Gasteiger partial charge on any atom is -0.316 e. The van der Waals surface area contributed by atoms with E-state index in [1.54, 1.807) is 29.9 Å². The monoisotopic (exact) mass is 411 g/mol. The predicted molar refractivity (Wildman–Crippen MR) is 104 cm³/mol. The molecule has 140 valence electrons. The molecule has 0 aromatic carbocycles. The number of aryl methyl sites for hydroxylation is 1. The number of fused-ring (bicyclic) bond motifs is 1. The fraction of sp³-hybridized carbons (Fsp3) is 0.167. The van der Waals surface area contributed by atoms with Crippen molar-refractivity contribution < 1.29 is 13.8 Å². The van der Waals surface area contributed by atoms with Crippen molar-refractivity contribution in [1.29, 1.82) is 5.26 Å². The van der Waals surface area contributed by atoms with Crippen molar-refractivity contribution in [2.75, 3.05) is 11.4 Å². The second-order valence-electron chi connectivity index (χ2n) is 5.98. The first kappa shape index (κ1) is 18.2. The molecule has 2 amide bonds. The molecule has 2 aliphatic rings. The number of allylic oxidation sites excluding steroid dienone is 2. The number of aromatic nitrogens is 2. The average molecular weight is 411 g/mol. The molecule has 2 aromatic heterocycles. The Balaban J connectivity index is 1.60. The highest BCUT2D eigenvalue weighted by Crippen LogP contribution is 2.34. The average Bonchev–Trinajstić information content (AvgIpc) is 3.32. The molecule has 0 spiro atoms. The standard InChI is InChI=1S/C18H13N5O3S2/c19-8-11-10-28(26)18(16(11)17-21-6-7-27-17)22-14(24)9-23-13-2-1-5-20-12(13)3-4-15(23)25/h1-2,5-7,10H,3-4,9H2,(H,22,24). The van der Waals surface area contributed by atoms with Gasteiger partial charge >= 0.3 is 0 Å². The number of pyridine rings is 1. The minimum atomic E-state index is -1.67. The molecule has 1 N–H and O–H groups in total. The van der Waals surface area contributed by atoms with E-state index < -0.39 is 16.7 Å². The molecule has 1 unspecified atom stereocenters. The van der Waals surface area contributed by atoms with Crippen molar-refractivity contribution in [3.8, 4) is 6.07 Å². The molecular formula is C18H13N5O3S2. The Hall–Kier alpha value is -3.16. The molecule has 4 heterocycles. The van der Waals surface area contributed by atoms with Gasteiger partial charge in [-0.3, -0.25) is 14.6 Å². The SMILES string of the molecule is N#CC1=CS(=O)C(NC(=O)CN2C(=O)CCc3ncccc32)=C1c1nccs1. The molecule has 0 saturated carbocycles. The van der Waals surface area contributed by atoms with Crippen LogP contribution in [-0.2, 0) is 26.8 Å². The molecule has 0 radical (unpaired) electrons. The van der Waals surface area contributed by atoms with E-state index >= 15 is 0 Å². The van der Waals surface area contributed by atoms with E-state index in [9.17, 15) is 19.1 Å². The van der Waals surface area contributed by atoms with E-state index in [2.05, 4.69) is 15.3 Å². The smallest absolute Gasteiger partial charge is 0.244 e. The number of nitrogens with zero attached hydrogens (tertiary/aromatic N) is 4. The summed E-state index contributed by atoms with van der Waals surface area (Å²) in [6.07, 6.45) is 4.02. The van der Waals surface area contributed by atoms with Crippen LogP contribution in [0.15, 0.2) is 45.9 Å². The van der Waals surface area contributed by atoms with Crippen molar-refractivity contribution in [2.45, 2.75) is 12.8 Å². The molecular weight excluding hydrogens is 398 g/mol. The third-order valence-corrected chi connectivity index (χ3v) is 6.23. The number of rotatable bonds is 4. The highest BCUT2D eigenvalue weighted by Gasteiger charge is 2.31. The van der Waals surface area contributed by atoms with Crippen LogP contribution in [-0.4, -0.2) is 32.5 Å². The molecule has 0 saturated heterocycles. The van der Waals surface area contributed by atoms with E-state index in [0.717, 1.165) is 5.69 Å². The maximum atomic E-state index is 12.7. The number of anilines is 1. The molecule has 2 aliphatic heterocycles. The molecule has 4 rings (SSSR count). The van der Waals surface area contributed by atoms with Crippen LogP contribution in [0.3, 0.4) is 0 Å². The van der Waals surface area contributed by atoms with E-state index in [-0.39, 0.29) is 29.5 Å². The van der Waals surface area contributed by atoms with Crippen molar-refractivity contribution in [2.24, 2.45) is 0 Å². The number of hydrogen-bond acceptors (Lipinski definition) is 7. The zero-order chi connectivity index (χ0) is 19.7. The van der Waals surface area contributed by atoms with Crippen LogP contribution < -0.4 is 10.2 Å². The Labute approximate surface area is 166 Å². The van der Waals surface area contributed by atoms with E-state index in [1.807, 2.05) is 6.07 Å². The molecule has 8 nitrogen and oxygen atoms in total. The van der Waals surface area contributed by atoms with Crippen LogP contribution in [0.25, 0.3) is 5.57 Å². The molecule has 0 aliphatic carbocycles. The van der Waals surface area contributed by atoms with Crippen molar-refractivity contribution >= 4 is 45.2 Å². The van der Waals surface area contributed by atoms with Crippen molar-refractivity contribution in [3.05, 3.63) is 56.6 Å². The lowest BCUT2D eigenvalue weighted by molar-refractivity contribution is -0.123. The van der Waals surface area contributed by atoms with Crippen LogP contribution in [0, 0.1) is 11.3 Å². The Morgan fingerprint density at radius 2 is 2.21 bits per heavy atom. The third kappa shape index (κ3) is 3.26. The van der Waals surface area contributed by atoms with Gasteiger partial charge < -0.3 is 10.2 Å². The first-order valence-corrected chi connectivity index (χ1v) is 10.4. The Morgan fingerprint density at radius 1 is 1.36 bits per heavy atom. The van der Waals surface area contributed by atoms with Crippen molar-refractivity contribution in [3.63, 3.8) is 0 Å². The van der Waals surface area contributed by atoms with E-state index in [1.165, 1.54) is 21.6 Å². The predicted octanol–water partition coefficient (Wildman–Crippen LogP) is 1.47. The van der Waals surface area contributed by atoms with Gasteiger partial charge in [0.05, 0.1) is 33.3 Å². The van der Waals surface area contributed by atoms with Gasteiger partial charge in [-0.1, -0.05) is 0 Å². The number of thiazole rings is 1. The fourth-order valence-corrected chi connectivity index (χ4v) is 4.94. The molecule has 28 heavy (non-hydrogen) atoms. The highest BCUT2D eigenvalue weighted by molar-refractivity contribution is 7.92. The summed E-state index contributed by atoms with van der Waals surface area (Å²) in [6.45, 7) is -0.231. The topological polar surface area (TPSA) is 116 Å². The molecule has 10 heteroatoms. The van der Waals surface area contributed by atoms with Gasteiger partial charge in [-0.25, -0.2) is 9.19 Å². The summed E-state index contributed by atoms with van der Waals surface area (Å²) in [5, 5.41) is 15.6.